The summed E-state index contributed by atoms with van der Waals surface area (Å²) in [6.07, 6.45) is -0.817. The van der Waals surface area contributed by atoms with Gasteiger partial charge in [-0.2, -0.15) is 0 Å². The van der Waals surface area contributed by atoms with Crippen LogP contribution in [0.1, 0.15) is 0 Å². The molecule has 0 saturated carbocycles. The van der Waals surface area contributed by atoms with Crippen molar-refractivity contribution in [3.05, 3.63) is 29.8 Å². The van der Waals surface area contributed by atoms with Gasteiger partial charge in [0.1, 0.15) is 18.5 Å². The summed E-state index contributed by atoms with van der Waals surface area (Å²) in [5, 5.41) is 15.5. The molecule has 7 nitrogen and oxygen atoms in total. The molecule has 0 spiro atoms. The fraction of sp³-hybridized carbons (Fsp3) is 0.562. The first-order chi connectivity index (χ1) is 12.1. The number of amides is 2. The second-order valence-corrected chi connectivity index (χ2v) is 5.58. The van der Waals surface area contributed by atoms with Crippen LogP contribution in [0.3, 0.4) is 0 Å². The summed E-state index contributed by atoms with van der Waals surface area (Å²) in [5.74, 6) is -1.80. The van der Waals surface area contributed by atoms with Gasteiger partial charge in [-0.25, -0.2) is 13.6 Å². The number of nitrogens with one attached hydrogen (secondary N) is 2. The minimum Gasteiger partial charge on any atom is -0.491 e. The van der Waals surface area contributed by atoms with E-state index in [9.17, 15) is 18.7 Å². The summed E-state index contributed by atoms with van der Waals surface area (Å²) in [4.78, 5) is 13.5. The van der Waals surface area contributed by atoms with Crippen molar-refractivity contribution in [2.24, 2.45) is 0 Å². The molecule has 3 N–H and O–H groups in total. The molecule has 0 aromatic heterocycles. The molecule has 1 aromatic carbocycles. The number of morpholine rings is 1. The number of hydrogen-bond acceptors (Lipinski definition) is 5. The topological polar surface area (TPSA) is 83.1 Å². The SMILES string of the molecule is O=C(NCCNC[C@H](O)COc1ccc(F)c(F)c1)N1CCOCC1. The summed E-state index contributed by atoms with van der Waals surface area (Å²) < 4.78 is 36.2. The van der Waals surface area contributed by atoms with Crippen LogP contribution in [0.25, 0.3) is 0 Å². The highest BCUT2D eigenvalue weighted by molar-refractivity contribution is 5.74. The second-order valence-electron chi connectivity index (χ2n) is 5.58. The number of hydrogen-bond donors (Lipinski definition) is 3. The van der Waals surface area contributed by atoms with E-state index in [2.05, 4.69) is 10.6 Å². The lowest BCUT2D eigenvalue weighted by molar-refractivity contribution is 0.0532. The number of carbonyl (C=O) groups is 1. The van der Waals surface area contributed by atoms with E-state index in [0.29, 0.717) is 39.4 Å². The quantitative estimate of drug-likeness (QED) is 0.583. The van der Waals surface area contributed by atoms with Crippen LogP contribution in [0.5, 0.6) is 5.75 Å². The number of urea groups is 1. The minimum absolute atomic E-state index is 0.0573. The third kappa shape index (κ3) is 6.81. The van der Waals surface area contributed by atoms with E-state index in [1.807, 2.05) is 0 Å². The van der Waals surface area contributed by atoms with Gasteiger partial charge in [-0.1, -0.05) is 0 Å². The lowest BCUT2D eigenvalue weighted by Gasteiger charge is -2.27. The van der Waals surface area contributed by atoms with Crippen LogP contribution in [0.15, 0.2) is 18.2 Å². The first kappa shape index (κ1) is 19.4. The Morgan fingerprint density at radius 2 is 2.04 bits per heavy atom. The fourth-order valence-corrected chi connectivity index (χ4v) is 2.22. The smallest absolute Gasteiger partial charge is 0.317 e. The average molecular weight is 359 g/mol. The van der Waals surface area contributed by atoms with Crippen LogP contribution in [-0.2, 0) is 4.74 Å². The molecule has 1 aromatic rings. The highest BCUT2D eigenvalue weighted by Gasteiger charge is 2.15. The Labute approximate surface area is 144 Å². The summed E-state index contributed by atoms with van der Waals surface area (Å²) in [6, 6.07) is 3.05. The Bertz CT molecular complexity index is 556. The lowest BCUT2D eigenvalue weighted by atomic mass is 10.3. The molecule has 0 bridgehead atoms. The molecular weight excluding hydrogens is 336 g/mol. The van der Waals surface area contributed by atoms with Crippen LogP contribution < -0.4 is 15.4 Å². The number of carbonyl (C=O) groups excluding carboxylic acids is 1. The van der Waals surface area contributed by atoms with Gasteiger partial charge >= 0.3 is 6.03 Å². The fourth-order valence-electron chi connectivity index (χ4n) is 2.22. The zero-order valence-electron chi connectivity index (χ0n) is 13.8. The Hall–Kier alpha value is -1.97. The van der Waals surface area contributed by atoms with Gasteiger partial charge in [0, 0.05) is 38.8 Å². The van der Waals surface area contributed by atoms with Gasteiger partial charge in [0.25, 0.3) is 0 Å². The maximum Gasteiger partial charge on any atom is 0.317 e. The second kappa shape index (κ2) is 10.1. The molecule has 2 rings (SSSR count). The van der Waals surface area contributed by atoms with Crippen molar-refractivity contribution in [2.45, 2.75) is 6.10 Å². The van der Waals surface area contributed by atoms with Crippen LogP contribution in [0.2, 0.25) is 0 Å². The van der Waals surface area contributed by atoms with E-state index >= 15 is 0 Å². The molecule has 0 aliphatic carbocycles. The number of benzene rings is 1. The first-order valence-electron chi connectivity index (χ1n) is 8.13. The van der Waals surface area contributed by atoms with Crippen molar-refractivity contribution in [3.8, 4) is 5.75 Å². The van der Waals surface area contributed by atoms with Gasteiger partial charge in [0.2, 0.25) is 0 Å². The van der Waals surface area contributed by atoms with E-state index < -0.39 is 17.7 Å². The Kier molecular flexibility index (Phi) is 7.83. The van der Waals surface area contributed by atoms with Crippen molar-refractivity contribution < 1.29 is 28.2 Å². The van der Waals surface area contributed by atoms with Crippen LogP contribution in [-0.4, -0.2) is 74.7 Å². The molecule has 1 fully saturated rings. The number of aliphatic hydroxyl groups excluding tert-OH is 1. The third-order valence-electron chi connectivity index (χ3n) is 3.59. The lowest BCUT2D eigenvalue weighted by Crippen LogP contribution is -2.47. The molecule has 9 heteroatoms. The zero-order chi connectivity index (χ0) is 18.1. The monoisotopic (exact) mass is 359 g/mol. The van der Waals surface area contributed by atoms with Gasteiger partial charge in [0.05, 0.1) is 13.2 Å². The van der Waals surface area contributed by atoms with Crippen molar-refractivity contribution in [3.63, 3.8) is 0 Å². The highest BCUT2D eigenvalue weighted by Crippen LogP contribution is 2.15. The van der Waals surface area contributed by atoms with Crippen molar-refractivity contribution in [2.75, 3.05) is 52.5 Å². The Morgan fingerprint density at radius 3 is 2.76 bits per heavy atom. The third-order valence-corrected chi connectivity index (χ3v) is 3.59. The largest absolute Gasteiger partial charge is 0.491 e. The molecule has 2 amide bonds. The Morgan fingerprint density at radius 1 is 1.28 bits per heavy atom. The minimum atomic E-state index is -0.999. The van der Waals surface area contributed by atoms with Gasteiger partial charge < -0.3 is 30.1 Å². The molecule has 1 aliphatic heterocycles. The van der Waals surface area contributed by atoms with Gasteiger partial charge in [0.15, 0.2) is 11.6 Å². The molecule has 0 unspecified atom stereocenters. The summed E-state index contributed by atoms with van der Waals surface area (Å²) in [7, 11) is 0. The first-order valence-corrected chi connectivity index (χ1v) is 8.13. The summed E-state index contributed by atoms with van der Waals surface area (Å²) in [6.45, 7) is 3.37. The van der Waals surface area contributed by atoms with Gasteiger partial charge in [-0.15, -0.1) is 0 Å². The van der Waals surface area contributed by atoms with Crippen molar-refractivity contribution in [1.29, 1.82) is 0 Å². The van der Waals surface area contributed by atoms with Crippen LogP contribution in [0, 0.1) is 11.6 Å². The highest BCUT2D eigenvalue weighted by atomic mass is 19.2. The number of rotatable bonds is 8. The number of halogens is 2. The molecule has 1 atom stereocenters. The van der Waals surface area contributed by atoms with Crippen molar-refractivity contribution in [1.82, 2.24) is 15.5 Å². The van der Waals surface area contributed by atoms with Crippen LogP contribution in [0.4, 0.5) is 13.6 Å². The molecular formula is C16H23F2N3O4. The molecule has 1 saturated heterocycles. The number of ether oxygens (including phenoxy) is 2. The maximum absolute atomic E-state index is 13.0. The predicted molar refractivity (Wildman–Crippen MR) is 86.5 cm³/mol. The normalized spacial score (nSPS) is 15.7. The number of aliphatic hydroxyl groups is 1. The molecule has 25 heavy (non-hydrogen) atoms. The van der Waals surface area contributed by atoms with E-state index in [-0.39, 0.29) is 24.9 Å². The molecule has 1 aliphatic rings. The number of nitrogens with zero attached hydrogens (tertiary/aromatic N) is 1. The van der Waals surface area contributed by atoms with E-state index in [1.165, 1.54) is 6.07 Å². The van der Waals surface area contributed by atoms with Crippen molar-refractivity contribution >= 4 is 6.03 Å². The zero-order valence-corrected chi connectivity index (χ0v) is 13.8. The standard InChI is InChI=1S/C16H23F2N3O4/c17-14-2-1-13(9-15(14)18)25-11-12(22)10-19-3-4-20-16(23)21-5-7-24-8-6-21/h1-2,9,12,19,22H,3-8,10-11H2,(H,20,23)/t12-/m0/s1. The Balaban J connectivity index is 1.53. The van der Waals surface area contributed by atoms with Gasteiger partial charge in [-0.05, 0) is 12.1 Å². The molecule has 140 valence electrons. The van der Waals surface area contributed by atoms with E-state index in [4.69, 9.17) is 9.47 Å². The molecule has 1 heterocycles. The van der Waals surface area contributed by atoms with E-state index in [1.54, 1.807) is 4.90 Å². The predicted octanol–water partition coefficient (Wildman–Crippen LogP) is 0.336. The average Bonchev–Trinajstić information content (AvgIpc) is 2.63. The molecule has 0 radical (unpaired) electrons. The van der Waals surface area contributed by atoms with Crippen LogP contribution >= 0.6 is 0 Å². The summed E-state index contributed by atoms with van der Waals surface area (Å²) >= 11 is 0. The van der Waals surface area contributed by atoms with E-state index in [0.717, 1.165) is 12.1 Å². The van der Waals surface area contributed by atoms with Gasteiger partial charge in [-0.3, -0.25) is 0 Å². The maximum atomic E-state index is 13.0. The summed E-state index contributed by atoms with van der Waals surface area (Å²) in [5.41, 5.74) is 0.